The predicted molar refractivity (Wildman–Crippen MR) is 75.0 cm³/mol. The van der Waals surface area contributed by atoms with Crippen molar-refractivity contribution in [2.24, 2.45) is 10.8 Å². The van der Waals surface area contributed by atoms with Gasteiger partial charge >= 0.3 is 5.97 Å². The molecule has 0 saturated heterocycles. The van der Waals surface area contributed by atoms with Crippen LogP contribution in [0.3, 0.4) is 0 Å². The van der Waals surface area contributed by atoms with Crippen molar-refractivity contribution in [1.29, 1.82) is 0 Å². The van der Waals surface area contributed by atoms with Gasteiger partial charge in [-0.1, -0.05) is 51.1 Å². The van der Waals surface area contributed by atoms with E-state index < -0.39 is 16.8 Å². The molecule has 0 saturated carbocycles. The van der Waals surface area contributed by atoms with Gasteiger partial charge in [-0.2, -0.15) is 0 Å². The number of Topliss-reactive ketones (excluding diaryl/α,β-unsaturated/α-hetero) is 1. The highest BCUT2D eigenvalue weighted by atomic mass is 16.4. The van der Waals surface area contributed by atoms with E-state index in [1.54, 1.807) is 0 Å². The third-order valence-corrected chi connectivity index (χ3v) is 3.88. The van der Waals surface area contributed by atoms with Crippen LogP contribution in [0.1, 0.15) is 39.7 Å². The van der Waals surface area contributed by atoms with Gasteiger partial charge < -0.3 is 5.11 Å². The molecule has 0 fully saturated rings. The molecule has 0 aromatic heterocycles. The average molecular weight is 262 g/mol. The van der Waals surface area contributed by atoms with Gasteiger partial charge in [0.2, 0.25) is 0 Å². The number of hydrogen-bond donors (Lipinski definition) is 1. The van der Waals surface area contributed by atoms with Crippen molar-refractivity contribution >= 4 is 11.8 Å². The molecule has 1 aromatic rings. The van der Waals surface area contributed by atoms with Crippen LogP contribution < -0.4 is 0 Å². The van der Waals surface area contributed by atoms with Gasteiger partial charge in [0.25, 0.3) is 0 Å². The lowest BCUT2D eigenvalue weighted by Crippen LogP contribution is -2.48. The molecule has 1 aromatic carbocycles. The van der Waals surface area contributed by atoms with Crippen LogP contribution in [0, 0.1) is 10.8 Å². The topological polar surface area (TPSA) is 54.4 Å². The Morgan fingerprint density at radius 1 is 1.11 bits per heavy atom. The van der Waals surface area contributed by atoms with Crippen LogP contribution in [0.4, 0.5) is 0 Å². The Hall–Kier alpha value is -1.64. The van der Waals surface area contributed by atoms with Gasteiger partial charge in [0.15, 0.2) is 0 Å². The number of benzene rings is 1. The summed E-state index contributed by atoms with van der Waals surface area (Å²) in [6.07, 6.45) is 0.912. The first-order valence-electron chi connectivity index (χ1n) is 6.50. The molecular weight excluding hydrogens is 240 g/mol. The maximum atomic E-state index is 12.0. The van der Waals surface area contributed by atoms with Crippen LogP contribution in [0.15, 0.2) is 30.3 Å². The van der Waals surface area contributed by atoms with Crippen molar-refractivity contribution < 1.29 is 14.7 Å². The van der Waals surface area contributed by atoms with E-state index in [9.17, 15) is 14.7 Å². The summed E-state index contributed by atoms with van der Waals surface area (Å²) in [5.41, 5.74) is -0.888. The van der Waals surface area contributed by atoms with Crippen LogP contribution in [-0.4, -0.2) is 16.9 Å². The molecule has 0 aliphatic carbocycles. The van der Waals surface area contributed by atoms with Crippen molar-refractivity contribution in [1.82, 2.24) is 0 Å². The predicted octanol–water partition coefficient (Wildman–Crippen LogP) is 3.33. The quantitative estimate of drug-likeness (QED) is 0.828. The lowest BCUT2D eigenvalue weighted by Gasteiger charge is -2.39. The molecule has 0 bridgehead atoms. The summed E-state index contributed by atoms with van der Waals surface area (Å²) in [6.45, 7) is 6.82. The summed E-state index contributed by atoms with van der Waals surface area (Å²) in [5.74, 6) is -1.30. The SMILES string of the molecule is CC(=O)C(CCc1ccccc1)(C(=O)O)C(C)(C)C. The number of carboxylic acids is 1. The number of aryl methyl sites for hydroxylation is 1. The zero-order valence-electron chi connectivity index (χ0n) is 12.1. The second kappa shape index (κ2) is 5.55. The summed E-state index contributed by atoms with van der Waals surface area (Å²) < 4.78 is 0. The third kappa shape index (κ3) is 3.03. The molecule has 1 rings (SSSR count). The third-order valence-electron chi connectivity index (χ3n) is 3.88. The maximum Gasteiger partial charge on any atom is 0.317 e. The van der Waals surface area contributed by atoms with Gasteiger partial charge in [0, 0.05) is 0 Å². The summed E-state index contributed by atoms with van der Waals surface area (Å²) in [7, 11) is 0. The average Bonchev–Trinajstić information content (AvgIpc) is 2.28. The Labute approximate surface area is 114 Å². The van der Waals surface area contributed by atoms with Crippen molar-refractivity contribution in [3.05, 3.63) is 35.9 Å². The van der Waals surface area contributed by atoms with Gasteiger partial charge in [-0.25, -0.2) is 0 Å². The monoisotopic (exact) mass is 262 g/mol. The fraction of sp³-hybridized carbons (Fsp3) is 0.500. The zero-order chi connectivity index (χ0) is 14.7. The van der Waals surface area contributed by atoms with Crippen molar-refractivity contribution in [3.63, 3.8) is 0 Å². The molecule has 1 unspecified atom stereocenters. The van der Waals surface area contributed by atoms with Gasteiger partial charge in [0.1, 0.15) is 11.2 Å². The van der Waals surface area contributed by atoms with E-state index in [1.807, 2.05) is 51.1 Å². The van der Waals surface area contributed by atoms with E-state index in [2.05, 4.69) is 0 Å². The Morgan fingerprint density at radius 3 is 2.00 bits per heavy atom. The molecule has 104 valence electrons. The molecule has 1 atom stereocenters. The van der Waals surface area contributed by atoms with E-state index in [1.165, 1.54) is 6.92 Å². The van der Waals surface area contributed by atoms with Crippen LogP contribution in [0.5, 0.6) is 0 Å². The molecule has 19 heavy (non-hydrogen) atoms. The number of ketones is 1. The number of carbonyl (C=O) groups is 2. The molecule has 0 heterocycles. The Bertz CT molecular complexity index is 441. The molecule has 0 amide bonds. The fourth-order valence-electron chi connectivity index (χ4n) is 2.63. The standard InChI is InChI=1S/C16H22O3/c1-12(17)16(14(18)19,15(2,3)4)11-10-13-8-6-5-7-9-13/h5-9H,10-11H2,1-4H3,(H,18,19). The van der Waals surface area contributed by atoms with Crippen molar-refractivity contribution in [2.75, 3.05) is 0 Å². The highest BCUT2D eigenvalue weighted by Gasteiger charge is 2.52. The highest BCUT2D eigenvalue weighted by Crippen LogP contribution is 2.43. The Kier molecular flexibility index (Phi) is 4.51. The number of hydrogen-bond acceptors (Lipinski definition) is 2. The molecule has 1 N–H and O–H groups in total. The molecule has 0 aliphatic rings. The minimum atomic E-state index is -1.33. The van der Waals surface area contributed by atoms with E-state index in [0.29, 0.717) is 12.8 Å². The number of aliphatic carboxylic acids is 1. The summed E-state index contributed by atoms with van der Waals surface area (Å²) in [4.78, 5) is 23.7. The van der Waals surface area contributed by atoms with E-state index in [-0.39, 0.29) is 5.78 Å². The van der Waals surface area contributed by atoms with Crippen LogP contribution >= 0.6 is 0 Å². The first kappa shape index (κ1) is 15.4. The van der Waals surface area contributed by atoms with Crippen LogP contribution in [0.2, 0.25) is 0 Å². The number of rotatable bonds is 5. The van der Waals surface area contributed by atoms with Gasteiger partial charge in [0.05, 0.1) is 0 Å². The van der Waals surface area contributed by atoms with Crippen molar-refractivity contribution in [2.45, 2.75) is 40.5 Å². The molecular formula is C16H22O3. The normalized spacial score (nSPS) is 14.7. The Balaban J connectivity index is 3.05. The zero-order valence-corrected chi connectivity index (χ0v) is 12.1. The first-order valence-corrected chi connectivity index (χ1v) is 6.50. The van der Waals surface area contributed by atoms with Crippen LogP contribution in [-0.2, 0) is 16.0 Å². The van der Waals surface area contributed by atoms with E-state index in [4.69, 9.17) is 0 Å². The lowest BCUT2D eigenvalue weighted by molar-refractivity contribution is -0.163. The lowest BCUT2D eigenvalue weighted by atomic mass is 9.61. The molecule has 0 radical (unpaired) electrons. The maximum absolute atomic E-state index is 12.0. The summed E-state index contributed by atoms with van der Waals surface area (Å²) in [6, 6.07) is 9.67. The summed E-state index contributed by atoms with van der Waals surface area (Å²) >= 11 is 0. The van der Waals surface area contributed by atoms with Gasteiger partial charge in [-0.3, -0.25) is 9.59 Å². The molecule has 0 spiro atoms. The molecule has 3 heteroatoms. The first-order chi connectivity index (χ1) is 8.72. The number of carbonyl (C=O) groups excluding carboxylic acids is 1. The molecule has 0 aliphatic heterocycles. The van der Waals surface area contributed by atoms with E-state index >= 15 is 0 Å². The highest BCUT2D eigenvalue weighted by molar-refractivity contribution is 6.02. The minimum absolute atomic E-state index is 0.275. The fourth-order valence-corrected chi connectivity index (χ4v) is 2.63. The van der Waals surface area contributed by atoms with Crippen LogP contribution in [0.25, 0.3) is 0 Å². The van der Waals surface area contributed by atoms with Crippen molar-refractivity contribution in [3.8, 4) is 0 Å². The smallest absolute Gasteiger partial charge is 0.317 e. The molecule has 3 nitrogen and oxygen atoms in total. The second-order valence-electron chi connectivity index (χ2n) is 6.00. The Morgan fingerprint density at radius 2 is 1.63 bits per heavy atom. The largest absolute Gasteiger partial charge is 0.480 e. The van der Waals surface area contributed by atoms with Gasteiger partial charge in [-0.15, -0.1) is 0 Å². The van der Waals surface area contributed by atoms with Gasteiger partial charge in [-0.05, 0) is 30.7 Å². The van der Waals surface area contributed by atoms with E-state index in [0.717, 1.165) is 5.56 Å². The minimum Gasteiger partial charge on any atom is -0.480 e. The second-order valence-corrected chi connectivity index (χ2v) is 6.00. The summed E-state index contributed by atoms with van der Waals surface area (Å²) in [5, 5.41) is 9.59. The number of carboxylic acid groups (broad SMARTS) is 1.